The highest BCUT2D eigenvalue weighted by Crippen LogP contribution is 2.30. The van der Waals surface area contributed by atoms with Crippen molar-refractivity contribution in [3.63, 3.8) is 0 Å². The van der Waals surface area contributed by atoms with E-state index in [9.17, 15) is 4.79 Å². The van der Waals surface area contributed by atoms with Crippen molar-refractivity contribution in [3.05, 3.63) is 58.1 Å². The fourth-order valence-corrected chi connectivity index (χ4v) is 3.83. The maximum Gasteiger partial charge on any atom is 0.234 e. The molecule has 8 heteroatoms. The van der Waals surface area contributed by atoms with Gasteiger partial charge in [0.05, 0.1) is 21.5 Å². The van der Waals surface area contributed by atoms with E-state index in [4.69, 9.17) is 23.2 Å². The van der Waals surface area contributed by atoms with Gasteiger partial charge in [-0.1, -0.05) is 79.1 Å². The average Bonchev–Trinajstić information content (AvgIpc) is 3.04. The average molecular weight is 435 g/mol. The number of anilines is 1. The SMILES string of the molecule is CC(C)c1ccc(-c2nnc(SCC(=O)Nc3c(Cl)cccc3Cl)n2C)cc1. The largest absolute Gasteiger partial charge is 0.323 e. The van der Waals surface area contributed by atoms with Crippen LogP contribution in [0.5, 0.6) is 0 Å². The Balaban J connectivity index is 1.66. The van der Waals surface area contributed by atoms with Crippen LogP contribution in [0.4, 0.5) is 5.69 Å². The molecule has 3 rings (SSSR count). The molecule has 0 radical (unpaired) electrons. The summed E-state index contributed by atoms with van der Waals surface area (Å²) in [5.74, 6) is 1.18. The van der Waals surface area contributed by atoms with Crippen molar-refractivity contribution < 1.29 is 4.79 Å². The Kier molecular flexibility index (Phi) is 6.65. The first-order chi connectivity index (χ1) is 13.4. The number of halogens is 2. The summed E-state index contributed by atoms with van der Waals surface area (Å²) in [7, 11) is 1.89. The van der Waals surface area contributed by atoms with E-state index in [-0.39, 0.29) is 11.7 Å². The summed E-state index contributed by atoms with van der Waals surface area (Å²) < 4.78 is 1.88. The third-order valence-electron chi connectivity index (χ3n) is 4.23. The molecule has 0 aliphatic heterocycles. The number of para-hydroxylation sites is 1. The first-order valence-corrected chi connectivity index (χ1v) is 10.5. The molecule has 2 aromatic carbocycles. The Morgan fingerprint density at radius 3 is 2.36 bits per heavy atom. The Morgan fingerprint density at radius 2 is 1.75 bits per heavy atom. The Labute approximate surface area is 178 Å². The third kappa shape index (κ3) is 4.69. The standard InChI is InChI=1S/C20H20Cl2N4OS/c1-12(2)13-7-9-14(10-8-13)19-24-25-20(26(19)3)28-11-17(27)23-18-15(21)5-4-6-16(18)22/h4-10,12H,11H2,1-3H3,(H,23,27). The molecule has 0 fully saturated rings. The van der Waals surface area contributed by atoms with Crippen LogP contribution in [0.1, 0.15) is 25.3 Å². The van der Waals surface area contributed by atoms with Crippen LogP contribution in [-0.2, 0) is 11.8 Å². The minimum atomic E-state index is -0.217. The van der Waals surface area contributed by atoms with E-state index in [1.807, 2.05) is 23.7 Å². The molecule has 0 saturated heterocycles. The molecule has 146 valence electrons. The molecule has 3 aromatic rings. The van der Waals surface area contributed by atoms with Gasteiger partial charge in [-0.2, -0.15) is 0 Å². The molecule has 0 aliphatic rings. The van der Waals surface area contributed by atoms with Gasteiger partial charge in [0.25, 0.3) is 0 Å². The molecule has 1 N–H and O–H groups in total. The van der Waals surface area contributed by atoms with Crippen LogP contribution in [0.15, 0.2) is 47.6 Å². The Hall–Kier alpha value is -2.02. The molecule has 1 aromatic heterocycles. The quantitative estimate of drug-likeness (QED) is 0.509. The van der Waals surface area contributed by atoms with Gasteiger partial charge in [0, 0.05) is 12.6 Å². The summed E-state index contributed by atoms with van der Waals surface area (Å²) >= 11 is 13.5. The van der Waals surface area contributed by atoms with Gasteiger partial charge in [-0.3, -0.25) is 4.79 Å². The second kappa shape index (κ2) is 8.99. The predicted molar refractivity (Wildman–Crippen MR) is 116 cm³/mol. The van der Waals surface area contributed by atoms with Gasteiger partial charge >= 0.3 is 0 Å². The number of carbonyl (C=O) groups excluding carboxylic acids is 1. The summed E-state index contributed by atoms with van der Waals surface area (Å²) in [4.78, 5) is 12.3. The zero-order valence-electron chi connectivity index (χ0n) is 15.7. The van der Waals surface area contributed by atoms with Crippen LogP contribution in [-0.4, -0.2) is 26.4 Å². The van der Waals surface area contributed by atoms with Gasteiger partial charge in [0.2, 0.25) is 5.91 Å². The fourth-order valence-electron chi connectivity index (χ4n) is 2.63. The molecule has 5 nitrogen and oxygen atoms in total. The van der Waals surface area contributed by atoms with E-state index in [0.29, 0.717) is 26.8 Å². The van der Waals surface area contributed by atoms with Crippen molar-refractivity contribution in [3.8, 4) is 11.4 Å². The number of carbonyl (C=O) groups is 1. The minimum Gasteiger partial charge on any atom is -0.323 e. The van der Waals surface area contributed by atoms with Gasteiger partial charge in [-0.05, 0) is 23.6 Å². The molecule has 0 unspecified atom stereocenters. The maximum atomic E-state index is 12.3. The molecular weight excluding hydrogens is 415 g/mol. The van der Waals surface area contributed by atoms with E-state index < -0.39 is 0 Å². The van der Waals surface area contributed by atoms with Crippen LogP contribution in [0.3, 0.4) is 0 Å². The summed E-state index contributed by atoms with van der Waals surface area (Å²) in [5.41, 5.74) is 2.68. The van der Waals surface area contributed by atoms with E-state index >= 15 is 0 Å². The summed E-state index contributed by atoms with van der Waals surface area (Å²) in [5, 5.41) is 12.7. The van der Waals surface area contributed by atoms with Crippen LogP contribution >= 0.6 is 35.0 Å². The van der Waals surface area contributed by atoms with Crippen molar-refractivity contribution in [1.29, 1.82) is 0 Å². The summed E-state index contributed by atoms with van der Waals surface area (Å²) in [6.45, 7) is 4.32. The molecule has 28 heavy (non-hydrogen) atoms. The highest BCUT2D eigenvalue weighted by atomic mass is 35.5. The molecular formula is C20H20Cl2N4OS. The number of nitrogens with one attached hydrogen (secondary N) is 1. The number of amides is 1. The summed E-state index contributed by atoms with van der Waals surface area (Å²) in [6, 6.07) is 13.4. The van der Waals surface area contributed by atoms with Crippen LogP contribution in [0.25, 0.3) is 11.4 Å². The van der Waals surface area contributed by atoms with Crippen molar-refractivity contribution in [1.82, 2.24) is 14.8 Å². The van der Waals surface area contributed by atoms with Crippen molar-refractivity contribution >= 4 is 46.6 Å². The Bertz CT molecular complexity index is 966. The van der Waals surface area contributed by atoms with Gasteiger partial charge in [0.15, 0.2) is 11.0 Å². The number of benzene rings is 2. The number of hydrogen-bond donors (Lipinski definition) is 1. The zero-order chi connectivity index (χ0) is 20.3. The van der Waals surface area contributed by atoms with Crippen molar-refractivity contribution in [2.24, 2.45) is 7.05 Å². The zero-order valence-corrected chi connectivity index (χ0v) is 18.1. The highest BCUT2D eigenvalue weighted by Gasteiger charge is 2.15. The van der Waals surface area contributed by atoms with Crippen molar-refractivity contribution in [2.75, 3.05) is 11.1 Å². The second-order valence-corrected chi connectivity index (χ2v) is 8.33. The van der Waals surface area contributed by atoms with Crippen LogP contribution < -0.4 is 5.32 Å². The first kappa shape index (κ1) is 20.7. The lowest BCUT2D eigenvalue weighted by molar-refractivity contribution is -0.113. The number of rotatable bonds is 6. The van der Waals surface area contributed by atoms with Gasteiger partial charge in [0.1, 0.15) is 0 Å². The molecule has 0 spiro atoms. The Morgan fingerprint density at radius 1 is 1.11 bits per heavy atom. The summed E-state index contributed by atoms with van der Waals surface area (Å²) in [6.07, 6.45) is 0. The number of nitrogens with zero attached hydrogens (tertiary/aromatic N) is 3. The van der Waals surface area contributed by atoms with E-state index in [1.165, 1.54) is 17.3 Å². The normalized spacial score (nSPS) is 11.1. The number of hydrogen-bond acceptors (Lipinski definition) is 4. The van der Waals surface area contributed by atoms with Gasteiger partial charge < -0.3 is 9.88 Å². The molecule has 0 aliphatic carbocycles. The monoisotopic (exact) mass is 434 g/mol. The molecule has 0 saturated carbocycles. The minimum absolute atomic E-state index is 0.166. The topological polar surface area (TPSA) is 59.8 Å². The van der Waals surface area contributed by atoms with Gasteiger partial charge in [-0.15, -0.1) is 10.2 Å². The van der Waals surface area contributed by atoms with Gasteiger partial charge in [-0.25, -0.2) is 0 Å². The second-order valence-electron chi connectivity index (χ2n) is 6.58. The lowest BCUT2D eigenvalue weighted by Crippen LogP contribution is -2.15. The fraction of sp³-hybridized carbons (Fsp3) is 0.250. The van der Waals surface area contributed by atoms with E-state index in [2.05, 4.69) is 41.5 Å². The number of thioether (sulfide) groups is 1. The lowest BCUT2D eigenvalue weighted by atomic mass is 10.0. The first-order valence-electron chi connectivity index (χ1n) is 8.73. The van der Waals surface area contributed by atoms with Crippen molar-refractivity contribution in [2.45, 2.75) is 24.9 Å². The smallest absolute Gasteiger partial charge is 0.234 e. The molecule has 0 bridgehead atoms. The maximum absolute atomic E-state index is 12.3. The third-order valence-corrected chi connectivity index (χ3v) is 5.88. The molecule has 1 amide bonds. The lowest BCUT2D eigenvalue weighted by Gasteiger charge is -2.09. The predicted octanol–water partition coefficient (Wildman–Crippen LogP) is 5.64. The van der Waals surface area contributed by atoms with Crippen LogP contribution in [0, 0.1) is 0 Å². The van der Waals surface area contributed by atoms with Crippen LogP contribution in [0.2, 0.25) is 10.0 Å². The van der Waals surface area contributed by atoms with E-state index in [1.54, 1.807) is 18.2 Å². The highest BCUT2D eigenvalue weighted by molar-refractivity contribution is 7.99. The molecule has 1 heterocycles. The number of aromatic nitrogens is 3. The molecule has 0 atom stereocenters. The van der Waals surface area contributed by atoms with E-state index in [0.717, 1.165) is 11.4 Å².